The van der Waals surface area contributed by atoms with Gasteiger partial charge in [0.05, 0.1) is 7.11 Å². The molecule has 22 heavy (non-hydrogen) atoms. The number of methoxy groups -OCH3 is 1. The second kappa shape index (κ2) is 6.50. The Morgan fingerprint density at radius 1 is 1.18 bits per heavy atom. The maximum atomic E-state index is 12.5. The Bertz CT molecular complexity index is 828. The summed E-state index contributed by atoms with van der Waals surface area (Å²) in [7, 11) is 1.60. The van der Waals surface area contributed by atoms with E-state index in [1.807, 2.05) is 48.5 Å². The van der Waals surface area contributed by atoms with Gasteiger partial charge in [-0.1, -0.05) is 46.3 Å². The van der Waals surface area contributed by atoms with Gasteiger partial charge < -0.3 is 10.1 Å². The molecule has 0 aliphatic rings. The van der Waals surface area contributed by atoms with Gasteiger partial charge in [-0.05, 0) is 23.8 Å². The van der Waals surface area contributed by atoms with Crippen molar-refractivity contribution in [3.63, 3.8) is 0 Å². The van der Waals surface area contributed by atoms with E-state index in [4.69, 9.17) is 4.74 Å². The van der Waals surface area contributed by atoms with Gasteiger partial charge in [-0.2, -0.15) is 0 Å². The number of hydrogen-bond acceptors (Lipinski definition) is 3. The van der Waals surface area contributed by atoms with Crippen LogP contribution in [0.15, 0.2) is 53.0 Å². The van der Waals surface area contributed by atoms with Gasteiger partial charge in [0.15, 0.2) is 0 Å². The van der Waals surface area contributed by atoms with Gasteiger partial charge >= 0.3 is 0 Å². The molecule has 3 aromatic rings. The first-order valence-electron chi connectivity index (χ1n) is 6.78. The molecule has 112 valence electrons. The quantitative estimate of drug-likeness (QED) is 0.723. The van der Waals surface area contributed by atoms with E-state index in [1.54, 1.807) is 7.11 Å². The zero-order chi connectivity index (χ0) is 15.5. The van der Waals surface area contributed by atoms with Crippen molar-refractivity contribution < 1.29 is 9.53 Å². The zero-order valence-electron chi connectivity index (χ0n) is 11.9. The van der Waals surface area contributed by atoms with Gasteiger partial charge in [-0.3, -0.25) is 4.79 Å². The first-order valence-corrected chi connectivity index (χ1v) is 8.39. The van der Waals surface area contributed by atoms with Crippen LogP contribution in [-0.4, -0.2) is 13.0 Å². The smallest absolute Gasteiger partial charge is 0.265 e. The van der Waals surface area contributed by atoms with Gasteiger partial charge in [-0.25, -0.2) is 0 Å². The average molecular weight is 376 g/mol. The van der Waals surface area contributed by atoms with E-state index in [2.05, 4.69) is 21.2 Å². The summed E-state index contributed by atoms with van der Waals surface area (Å²) in [5, 5.41) is 3.93. The third-order valence-corrected chi connectivity index (χ3v) is 5.28. The standard InChI is InChI=1S/C17H14BrNO2S/c1-21-15-12-7-3-5-9-14(12)22-16(15)17(20)19-10-11-6-2-4-8-13(11)18/h2-9H,10H2,1H3,(H,19,20). The van der Waals surface area contributed by atoms with Crippen molar-refractivity contribution in [3.05, 3.63) is 63.4 Å². The highest BCUT2D eigenvalue weighted by Crippen LogP contribution is 2.37. The maximum Gasteiger partial charge on any atom is 0.265 e. The van der Waals surface area contributed by atoms with Crippen molar-refractivity contribution in [1.82, 2.24) is 5.32 Å². The Morgan fingerprint density at radius 3 is 2.68 bits per heavy atom. The SMILES string of the molecule is COc1c(C(=O)NCc2ccccc2Br)sc2ccccc12. The monoisotopic (exact) mass is 375 g/mol. The molecule has 0 saturated heterocycles. The van der Waals surface area contributed by atoms with Crippen molar-refractivity contribution >= 4 is 43.3 Å². The van der Waals surface area contributed by atoms with E-state index in [0.29, 0.717) is 17.2 Å². The normalized spacial score (nSPS) is 10.6. The van der Waals surface area contributed by atoms with E-state index in [1.165, 1.54) is 11.3 Å². The van der Waals surface area contributed by atoms with Crippen LogP contribution in [0.2, 0.25) is 0 Å². The number of carbonyl (C=O) groups is 1. The number of ether oxygens (including phenoxy) is 1. The molecular formula is C17H14BrNO2S. The van der Waals surface area contributed by atoms with Crippen molar-refractivity contribution in [2.24, 2.45) is 0 Å². The molecule has 0 bridgehead atoms. The summed E-state index contributed by atoms with van der Waals surface area (Å²) in [6.45, 7) is 0.470. The molecule has 0 spiro atoms. The molecule has 0 unspecified atom stereocenters. The topological polar surface area (TPSA) is 38.3 Å². The molecule has 0 saturated carbocycles. The van der Waals surface area contributed by atoms with Crippen LogP contribution < -0.4 is 10.1 Å². The van der Waals surface area contributed by atoms with Crippen molar-refractivity contribution in [2.45, 2.75) is 6.54 Å². The summed E-state index contributed by atoms with van der Waals surface area (Å²) in [6, 6.07) is 15.7. The van der Waals surface area contributed by atoms with E-state index >= 15 is 0 Å². The van der Waals surface area contributed by atoms with Crippen LogP contribution in [-0.2, 0) is 6.54 Å². The summed E-state index contributed by atoms with van der Waals surface area (Å²) < 4.78 is 7.47. The molecule has 0 atom stereocenters. The van der Waals surface area contributed by atoms with Gasteiger partial charge in [0, 0.05) is 21.1 Å². The summed E-state index contributed by atoms with van der Waals surface area (Å²) in [6.07, 6.45) is 0. The molecule has 1 aromatic heterocycles. The van der Waals surface area contributed by atoms with Crippen molar-refractivity contribution in [3.8, 4) is 5.75 Å². The number of carbonyl (C=O) groups excluding carboxylic acids is 1. The lowest BCUT2D eigenvalue weighted by Crippen LogP contribution is -2.22. The number of halogens is 1. The third-order valence-electron chi connectivity index (χ3n) is 3.36. The molecular weight excluding hydrogens is 362 g/mol. The fourth-order valence-electron chi connectivity index (χ4n) is 2.27. The highest BCUT2D eigenvalue weighted by Gasteiger charge is 2.18. The molecule has 1 N–H and O–H groups in total. The van der Waals surface area contributed by atoms with Gasteiger partial charge in [0.2, 0.25) is 0 Å². The van der Waals surface area contributed by atoms with Crippen LogP contribution in [0.25, 0.3) is 10.1 Å². The second-order valence-electron chi connectivity index (χ2n) is 4.73. The lowest BCUT2D eigenvalue weighted by atomic mass is 10.2. The summed E-state index contributed by atoms with van der Waals surface area (Å²) >= 11 is 4.93. The molecule has 3 rings (SSSR count). The van der Waals surface area contributed by atoms with Gasteiger partial charge in [0.1, 0.15) is 10.6 Å². The Labute approximate surface area is 141 Å². The number of thiophene rings is 1. The Kier molecular flexibility index (Phi) is 4.45. The summed E-state index contributed by atoms with van der Waals surface area (Å²) in [5.74, 6) is 0.527. The highest BCUT2D eigenvalue weighted by atomic mass is 79.9. The number of hydrogen-bond donors (Lipinski definition) is 1. The Hall–Kier alpha value is -1.85. The van der Waals surface area contributed by atoms with Gasteiger partial charge in [-0.15, -0.1) is 11.3 Å². The summed E-state index contributed by atoms with van der Waals surface area (Å²) in [4.78, 5) is 13.1. The lowest BCUT2D eigenvalue weighted by Gasteiger charge is -2.07. The second-order valence-corrected chi connectivity index (χ2v) is 6.64. The zero-order valence-corrected chi connectivity index (χ0v) is 14.3. The Balaban J connectivity index is 1.85. The highest BCUT2D eigenvalue weighted by molar-refractivity contribution is 9.10. The minimum Gasteiger partial charge on any atom is -0.494 e. The first-order chi connectivity index (χ1) is 10.7. The average Bonchev–Trinajstić information content (AvgIpc) is 2.92. The van der Waals surface area contributed by atoms with Crippen LogP contribution in [0.3, 0.4) is 0 Å². The molecule has 5 heteroatoms. The molecule has 0 radical (unpaired) electrons. The van der Waals surface area contributed by atoms with Crippen LogP contribution in [0.5, 0.6) is 5.75 Å². The van der Waals surface area contributed by atoms with E-state index in [-0.39, 0.29) is 5.91 Å². The van der Waals surface area contributed by atoms with E-state index in [9.17, 15) is 4.79 Å². The van der Waals surface area contributed by atoms with Crippen molar-refractivity contribution in [1.29, 1.82) is 0 Å². The van der Waals surface area contributed by atoms with Crippen LogP contribution in [0.1, 0.15) is 15.2 Å². The summed E-state index contributed by atoms with van der Waals surface area (Å²) in [5.41, 5.74) is 1.04. The molecule has 0 aliphatic carbocycles. The maximum absolute atomic E-state index is 12.5. The van der Waals surface area contributed by atoms with Gasteiger partial charge in [0.25, 0.3) is 5.91 Å². The minimum absolute atomic E-state index is 0.117. The molecule has 2 aromatic carbocycles. The first kappa shape index (κ1) is 15.1. The fourth-order valence-corrected chi connectivity index (χ4v) is 3.78. The Morgan fingerprint density at radius 2 is 1.91 bits per heavy atom. The van der Waals surface area contributed by atoms with E-state index < -0.39 is 0 Å². The van der Waals surface area contributed by atoms with Crippen LogP contribution in [0.4, 0.5) is 0 Å². The van der Waals surface area contributed by atoms with Crippen LogP contribution >= 0.6 is 27.3 Å². The largest absolute Gasteiger partial charge is 0.494 e. The lowest BCUT2D eigenvalue weighted by molar-refractivity contribution is 0.0952. The van der Waals surface area contributed by atoms with E-state index in [0.717, 1.165) is 20.1 Å². The molecule has 3 nitrogen and oxygen atoms in total. The number of amides is 1. The third kappa shape index (κ3) is 2.87. The minimum atomic E-state index is -0.117. The number of benzene rings is 2. The molecule has 1 amide bonds. The predicted molar refractivity (Wildman–Crippen MR) is 93.7 cm³/mol. The molecule has 0 aliphatic heterocycles. The molecule has 0 fully saturated rings. The number of nitrogens with one attached hydrogen (secondary N) is 1. The molecule has 1 heterocycles. The predicted octanol–water partition coefficient (Wildman–Crippen LogP) is 4.60. The number of rotatable bonds is 4. The fraction of sp³-hybridized carbons (Fsp3) is 0.118. The van der Waals surface area contributed by atoms with Crippen LogP contribution in [0, 0.1) is 0 Å². The number of fused-ring (bicyclic) bond motifs is 1. The van der Waals surface area contributed by atoms with Crippen molar-refractivity contribution in [2.75, 3.05) is 7.11 Å².